The molecule has 1 amide bonds. The number of hydrogen-bond donors (Lipinski definition) is 1. The van der Waals surface area contributed by atoms with E-state index in [1.807, 2.05) is 24.3 Å². The van der Waals surface area contributed by atoms with Gasteiger partial charge in [-0.2, -0.15) is 0 Å². The van der Waals surface area contributed by atoms with E-state index in [0.29, 0.717) is 27.2 Å². The molecule has 28 heavy (non-hydrogen) atoms. The number of hydrogen-bond acceptors (Lipinski definition) is 1. The predicted octanol–water partition coefficient (Wildman–Crippen LogP) is 6.59. The highest BCUT2D eigenvalue weighted by molar-refractivity contribution is 6.40. The highest BCUT2D eigenvalue weighted by Crippen LogP contribution is 2.31. The van der Waals surface area contributed by atoms with E-state index < -0.39 is 0 Å². The number of aryl methyl sites for hydroxylation is 1. The van der Waals surface area contributed by atoms with E-state index in [1.54, 1.807) is 18.2 Å². The number of amides is 1. The van der Waals surface area contributed by atoms with Crippen LogP contribution in [-0.4, -0.2) is 5.91 Å². The molecule has 3 aromatic carbocycles. The Hall–Kier alpha value is -2.29. The average Bonchev–Trinajstić information content (AvgIpc) is 2.71. The Bertz CT molecular complexity index is 977. The molecule has 1 aliphatic rings. The van der Waals surface area contributed by atoms with E-state index in [-0.39, 0.29) is 5.91 Å². The highest BCUT2D eigenvalue weighted by atomic mass is 35.5. The van der Waals surface area contributed by atoms with Gasteiger partial charge in [-0.25, -0.2) is 0 Å². The molecule has 142 valence electrons. The molecule has 0 spiro atoms. The summed E-state index contributed by atoms with van der Waals surface area (Å²) in [5.74, 6) is 0.435. The molecular formula is C24H21Cl2NO. The van der Waals surface area contributed by atoms with Gasteiger partial charge in [-0.3, -0.25) is 4.79 Å². The fourth-order valence-corrected chi connectivity index (χ4v) is 4.37. The molecule has 4 rings (SSSR count). The molecule has 0 bridgehead atoms. The van der Waals surface area contributed by atoms with Crippen molar-refractivity contribution in [3.05, 3.63) is 99.0 Å². The maximum Gasteiger partial charge on any atom is 0.255 e. The van der Waals surface area contributed by atoms with Gasteiger partial charge in [0.15, 0.2) is 0 Å². The number of para-hydroxylation sites is 1. The molecule has 0 heterocycles. The zero-order valence-corrected chi connectivity index (χ0v) is 16.9. The first-order chi connectivity index (χ1) is 13.6. The standard InChI is InChI=1S/C24H21Cl2NO/c25-21-6-3-7-22(26)23(21)27-24(28)19-12-8-16(9-13-19)14-17-10-11-18-4-1-2-5-20(18)15-17/h1-9,12-13,17H,10-11,14-15H2,(H,27,28). The lowest BCUT2D eigenvalue weighted by atomic mass is 9.81. The number of nitrogens with one attached hydrogen (secondary N) is 1. The fourth-order valence-electron chi connectivity index (χ4n) is 3.88. The first kappa shape index (κ1) is 19.0. The van der Waals surface area contributed by atoms with Crippen LogP contribution in [0.3, 0.4) is 0 Å². The van der Waals surface area contributed by atoms with Crippen molar-refractivity contribution in [3.63, 3.8) is 0 Å². The summed E-state index contributed by atoms with van der Waals surface area (Å²) in [6, 6.07) is 21.7. The zero-order chi connectivity index (χ0) is 19.5. The third-order valence-electron chi connectivity index (χ3n) is 5.39. The molecule has 0 aliphatic heterocycles. The molecule has 0 aromatic heterocycles. The number of benzene rings is 3. The van der Waals surface area contributed by atoms with E-state index >= 15 is 0 Å². The van der Waals surface area contributed by atoms with Gasteiger partial charge < -0.3 is 5.32 Å². The fraction of sp³-hybridized carbons (Fsp3) is 0.208. The van der Waals surface area contributed by atoms with Crippen molar-refractivity contribution in [2.75, 3.05) is 5.32 Å². The van der Waals surface area contributed by atoms with Gasteiger partial charge in [0.05, 0.1) is 15.7 Å². The Morgan fingerprint density at radius 3 is 2.29 bits per heavy atom. The summed E-state index contributed by atoms with van der Waals surface area (Å²) in [7, 11) is 0. The molecule has 1 aliphatic carbocycles. The van der Waals surface area contributed by atoms with Crippen LogP contribution in [0.1, 0.15) is 33.5 Å². The quantitative estimate of drug-likeness (QED) is 0.516. The van der Waals surface area contributed by atoms with Crippen molar-refractivity contribution in [2.24, 2.45) is 5.92 Å². The van der Waals surface area contributed by atoms with Gasteiger partial charge in [-0.05, 0) is 72.6 Å². The van der Waals surface area contributed by atoms with Crippen LogP contribution in [0, 0.1) is 5.92 Å². The summed E-state index contributed by atoms with van der Waals surface area (Å²) in [4.78, 5) is 12.5. The average molecular weight is 410 g/mol. The lowest BCUT2D eigenvalue weighted by Gasteiger charge is -2.24. The van der Waals surface area contributed by atoms with Crippen LogP contribution in [0.2, 0.25) is 10.0 Å². The molecule has 0 radical (unpaired) electrons. The van der Waals surface area contributed by atoms with Crippen molar-refractivity contribution in [3.8, 4) is 0 Å². The maximum atomic E-state index is 12.5. The summed E-state index contributed by atoms with van der Waals surface area (Å²) >= 11 is 12.3. The molecule has 1 N–H and O–H groups in total. The monoisotopic (exact) mass is 409 g/mol. The Morgan fingerprint density at radius 1 is 0.893 bits per heavy atom. The third kappa shape index (κ3) is 4.24. The minimum Gasteiger partial charge on any atom is -0.319 e. The summed E-state index contributed by atoms with van der Waals surface area (Å²) in [5, 5.41) is 3.66. The molecule has 0 saturated heterocycles. The van der Waals surface area contributed by atoms with Crippen LogP contribution in [0.4, 0.5) is 5.69 Å². The van der Waals surface area contributed by atoms with Crippen molar-refractivity contribution in [2.45, 2.75) is 25.7 Å². The van der Waals surface area contributed by atoms with Gasteiger partial charge in [0.1, 0.15) is 0 Å². The number of fused-ring (bicyclic) bond motifs is 1. The van der Waals surface area contributed by atoms with E-state index in [4.69, 9.17) is 23.2 Å². The lowest BCUT2D eigenvalue weighted by molar-refractivity contribution is 0.102. The Labute approximate surface area is 175 Å². The predicted molar refractivity (Wildman–Crippen MR) is 117 cm³/mol. The lowest BCUT2D eigenvalue weighted by Crippen LogP contribution is -2.16. The number of carbonyl (C=O) groups is 1. The van der Waals surface area contributed by atoms with Crippen LogP contribution >= 0.6 is 23.2 Å². The van der Waals surface area contributed by atoms with Crippen LogP contribution < -0.4 is 5.32 Å². The van der Waals surface area contributed by atoms with Gasteiger partial charge >= 0.3 is 0 Å². The van der Waals surface area contributed by atoms with E-state index in [2.05, 4.69) is 29.6 Å². The molecule has 4 heteroatoms. The van der Waals surface area contributed by atoms with Gasteiger partial charge in [0.25, 0.3) is 5.91 Å². The first-order valence-electron chi connectivity index (χ1n) is 9.51. The maximum absolute atomic E-state index is 12.5. The highest BCUT2D eigenvalue weighted by Gasteiger charge is 2.19. The van der Waals surface area contributed by atoms with E-state index in [0.717, 1.165) is 19.3 Å². The van der Waals surface area contributed by atoms with Crippen molar-refractivity contribution < 1.29 is 4.79 Å². The zero-order valence-electron chi connectivity index (χ0n) is 15.4. The number of anilines is 1. The minimum atomic E-state index is -0.215. The van der Waals surface area contributed by atoms with Gasteiger partial charge in [0.2, 0.25) is 0 Å². The van der Waals surface area contributed by atoms with Crippen molar-refractivity contribution in [1.29, 1.82) is 0 Å². The topological polar surface area (TPSA) is 29.1 Å². The number of halogens is 2. The second-order valence-corrected chi connectivity index (χ2v) is 8.14. The molecule has 1 atom stereocenters. The van der Waals surface area contributed by atoms with Gasteiger partial charge in [0, 0.05) is 5.56 Å². The summed E-state index contributed by atoms with van der Waals surface area (Å²) in [6.07, 6.45) is 4.53. The normalized spacial score (nSPS) is 15.7. The van der Waals surface area contributed by atoms with E-state index in [9.17, 15) is 4.79 Å². The number of rotatable bonds is 4. The summed E-state index contributed by atoms with van der Waals surface area (Å²) in [6.45, 7) is 0. The second kappa shape index (κ2) is 8.38. The summed E-state index contributed by atoms with van der Waals surface area (Å²) in [5.41, 5.74) is 5.27. The van der Waals surface area contributed by atoms with Crippen LogP contribution in [0.15, 0.2) is 66.7 Å². The number of carbonyl (C=O) groups excluding carboxylic acids is 1. The Morgan fingerprint density at radius 2 is 1.57 bits per heavy atom. The molecular weight excluding hydrogens is 389 g/mol. The Balaban J connectivity index is 1.41. The second-order valence-electron chi connectivity index (χ2n) is 7.33. The third-order valence-corrected chi connectivity index (χ3v) is 6.02. The largest absolute Gasteiger partial charge is 0.319 e. The van der Waals surface area contributed by atoms with Gasteiger partial charge in [-0.15, -0.1) is 0 Å². The van der Waals surface area contributed by atoms with Crippen LogP contribution in [0.25, 0.3) is 0 Å². The summed E-state index contributed by atoms with van der Waals surface area (Å²) < 4.78 is 0. The van der Waals surface area contributed by atoms with Crippen molar-refractivity contribution >= 4 is 34.8 Å². The SMILES string of the molecule is O=C(Nc1c(Cl)cccc1Cl)c1ccc(CC2CCc3ccccc3C2)cc1. The smallest absolute Gasteiger partial charge is 0.255 e. The van der Waals surface area contributed by atoms with Crippen LogP contribution in [0.5, 0.6) is 0 Å². The molecule has 0 saturated carbocycles. The first-order valence-corrected chi connectivity index (χ1v) is 10.3. The van der Waals surface area contributed by atoms with Crippen molar-refractivity contribution in [1.82, 2.24) is 0 Å². The minimum absolute atomic E-state index is 0.215. The van der Waals surface area contributed by atoms with Gasteiger partial charge in [-0.1, -0.05) is 65.7 Å². The Kier molecular flexibility index (Phi) is 5.70. The molecule has 3 aromatic rings. The molecule has 1 unspecified atom stereocenters. The van der Waals surface area contributed by atoms with Crippen LogP contribution in [-0.2, 0) is 19.3 Å². The van der Waals surface area contributed by atoms with E-state index in [1.165, 1.54) is 23.1 Å². The molecule has 2 nitrogen and oxygen atoms in total. The molecule has 0 fully saturated rings.